The van der Waals surface area contributed by atoms with Crippen molar-refractivity contribution >= 4 is 17.5 Å². The number of halogens is 1. The van der Waals surface area contributed by atoms with Gasteiger partial charge in [0.15, 0.2) is 0 Å². The lowest BCUT2D eigenvalue weighted by atomic mass is 10.3. The smallest absolute Gasteiger partial charge is 0.274 e. The fourth-order valence-corrected chi connectivity index (χ4v) is 1.93. The molecule has 6 heteroatoms. The van der Waals surface area contributed by atoms with E-state index in [9.17, 15) is 4.79 Å². The average molecular weight is 255 g/mol. The normalized spacial score (nSPS) is 17.9. The SMILES string of the molecule is CN1CCCN(C(=O)c2cnc(Cl)cn2)CC1. The number of amides is 1. The minimum Gasteiger partial charge on any atom is -0.336 e. The van der Waals surface area contributed by atoms with Crippen molar-refractivity contribution < 1.29 is 4.79 Å². The first-order valence-corrected chi connectivity index (χ1v) is 6.00. The summed E-state index contributed by atoms with van der Waals surface area (Å²) >= 11 is 5.64. The lowest BCUT2D eigenvalue weighted by Gasteiger charge is -2.19. The second-order valence-electron chi connectivity index (χ2n) is 4.17. The number of carbonyl (C=O) groups is 1. The molecule has 5 nitrogen and oxygen atoms in total. The maximum atomic E-state index is 12.1. The van der Waals surface area contributed by atoms with E-state index in [0.717, 1.165) is 32.6 Å². The topological polar surface area (TPSA) is 49.3 Å². The molecular weight excluding hydrogens is 240 g/mol. The molecule has 1 aromatic heterocycles. The predicted molar refractivity (Wildman–Crippen MR) is 65.1 cm³/mol. The third kappa shape index (κ3) is 3.14. The first kappa shape index (κ1) is 12.3. The quantitative estimate of drug-likeness (QED) is 0.748. The Morgan fingerprint density at radius 3 is 2.76 bits per heavy atom. The first-order chi connectivity index (χ1) is 8.16. The van der Waals surface area contributed by atoms with Crippen molar-refractivity contribution in [1.29, 1.82) is 0 Å². The van der Waals surface area contributed by atoms with Crippen LogP contribution in [0, 0.1) is 0 Å². The van der Waals surface area contributed by atoms with Crippen molar-refractivity contribution in [2.75, 3.05) is 33.2 Å². The number of carbonyl (C=O) groups excluding carboxylic acids is 1. The summed E-state index contributed by atoms with van der Waals surface area (Å²) in [4.78, 5) is 24.1. The van der Waals surface area contributed by atoms with Gasteiger partial charge in [-0.3, -0.25) is 4.79 Å². The number of rotatable bonds is 1. The summed E-state index contributed by atoms with van der Waals surface area (Å²) in [6, 6.07) is 0. The van der Waals surface area contributed by atoms with E-state index in [1.54, 1.807) is 0 Å². The van der Waals surface area contributed by atoms with Crippen molar-refractivity contribution in [3.05, 3.63) is 23.2 Å². The van der Waals surface area contributed by atoms with Crippen molar-refractivity contribution in [1.82, 2.24) is 19.8 Å². The molecule has 0 spiro atoms. The highest BCUT2D eigenvalue weighted by molar-refractivity contribution is 6.29. The molecule has 17 heavy (non-hydrogen) atoms. The van der Waals surface area contributed by atoms with Crippen molar-refractivity contribution in [3.63, 3.8) is 0 Å². The molecule has 0 unspecified atom stereocenters. The zero-order valence-electron chi connectivity index (χ0n) is 9.77. The van der Waals surface area contributed by atoms with E-state index in [2.05, 4.69) is 21.9 Å². The first-order valence-electron chi connectivity index (χ1n) is 5.62. The molecule has 1 aliphatic heterocycles. The summed E-state index contributed by atoms with van der Waals surface area (Å²) in [5.74, 6) is -0.0653. The van der Waals surface area contributed by atoms with Crippen LogP contribution in [0.4, 0.5) is 0 Å². The number of hydrogen-bond donors (Lipinski definition) is 0. The second-order valence-corrected chi connectivity index (χ2v) is 4.56. The molecule has 0 N–H and O–H groups in total. The summed E-state index contributed by atoms with van der Waals surface area (Å²) < 4.78 is 0. The molecule has 1 amide bonds. The van der Waals surface area contributed by atoms with E-state index >= 15 is 0 Å². The van der Waals surface area contributed by atoms with Gasteiger partial charge in [-0.25, -0.2) is 9.97 Å². The van der Waals surface area contributed by atoms with E-state index in [-0.39, 0.29) is 5.91 Å². The Morgan fingerprint density at radius 2 is 2.06 bits per heavy atom. The molecule has 1 aromatic rings. The van der Waals surface area contributed by atoms with Gasteiger partial charge in [-0.05, 0) is 20.0 Å². The Hall–Kier alpha value is -1.20. The molecule has 92 valence electrons. The molecule has 1 saturated heterocycles. The summed E-state index contributed by atoms with van der Waals surface area (Å²) in [5.41, 5.74) is 0.360. The molecule has 2 heterocycles. The van der Waals surface area contributed by atoms with Gasteiger partial charge in [-0.2, -0.15) is 0 Å². The van der Waals surface area contributed by atoms with Gasteiger partial charge in [-0.1, -0.05) is 11.6 Å². The van der Waals surface area contributed by atoms with Crippen LogP contribution in [0.25, 0.3) is 0 Å². The second kappa shape index (κ2) is 5.42. The lowest BCUT2D eigenvalue weighted by molar-refractivity contribution is 0.0756. The Balaban J connectivity index is 2.06. The molecule has 0 aromatic carbocycles. The van der Waals surface area contributed by atoms with E-state index < -0.39 is 0 Å². The molecule has 1 fully saturated rings. The van der Waals surface area contributed by atoms with Crippen LogP contribution in [0.5, 0.6) is 0 Å². The van der Waals surface area contributed by atoms with Crippen LogP contribution in [0.2, 0.25) is 5.15 Å². The van der Waals surface area contributed by atoms with Gasteiger partial charge < -0.3 is 9.80 Å². The fourth-order valence-electron chi connectivity index (χ4n) is 1.83. The van der Waals surface area contributed by atoms with Crippen molar-refractivity contribution in [2.24, 2.45) is 0 Å². The van der Waals surface area contributed by atoms with Gasteiger partial charge in [0.25, 0.3) is 5.91 Å². The molecule has 1 aliphatic rings. The third-order valence-electron chi connectivity index (χ3n) is 2.85. The van der Waals surface area contributed by atoms with Crippen LogP contribution in [0.3, 0.4) is 0 Å². The van der Waals surface area contributed by atoms with Gasteiger partial charge in [0.2, 0.25) is 0 Å². The maximum absolute atomic E-state index is 12.1. The van der Waals surface area contributed by atoms with Crippen molar-refractivity contribution in [3.8, 4) is 0 Å². The van der Waals surface area contributed by atoms with Crippen LogP contribution in [-0.2, 0) is 0 Å². The van der Waals surface area contributed by atoms with Crippen LogP contribution < -0.4 is 0 Å². The van der Waals surface area contributed by atoms with Gasteiger partial charge >= 0.3 is 0 Å². The highest BCUT2D eigenvalue weighted by Crippen LogP contribution is 2.07. The Kier molecular flexibility index (Phi) is 3.91. The minimum atomic E-state index is -0.0653. The Morgan fingerprint density at radius 1 is 1.24 bits per heavy atom. The number of nitrogens with zero attached hydrogens (tertiary/aromatic N) is 4. The summed E-state index contributed by atoms with van der Waals surface area (Å²) in [5, 5.41) is 0.303. The predicted octanol–water partition coefficient (Wildman–Crippen LogP) is 0.908. The third-order valence-corrected chi connectivity index (χ3v) is 3.04. The maximum Gasteiger partial charge on any atom is 0.274 e. The van der Waals surface area contributed by atoms with Crippen molar-refractivity contribution in [2.45, 2.75) is 6.42 Å². The van der Waals surface area contributed by atoms with Crippen LogP contribution in [0.15, 0.2) is 12.4 Å². The number of aromatic nitrogens is 2. The van der Waals surface area contributed by atoms with E-state index in [0.29, 0.717) is 10.8 Å². The summed E-state index contributed by atoms with van der Waals surface area (Å²) in [6.45, 7) is 3.43. The van der Waals surface area contributed by atoms with Crippen LogP contribution in [-0.4, -0.2) is 58.9 Å². The molecule has 0 bridgehead atoms. The van der Waals surface area contributed by atoms with E-state index in [1.807, 2.05) is 4.90 Å². The zero-order valence-corrected chi connectivity index (χ0v) is 10.5. The van der Waals surface area contributed by atoms with Gasteiger partial charge in [-0.15, -0.1) is 0 Å². The molecule has 0 aliphatic carbocycles. The standard InChI is InChI=1S/C11H15ClN4O/c1-15-3-2-4-16(6-5-15)11(17)9-7-14-10(12)8-13-9/h7-8H,2-6H2,1H3. The fraction of sp³-hybridized carbons (Fsp3) is 0.545. The van der Waals surface area contributed by atoms with Gasteiger partial charge in [0.1, 0.15) is 10.8 Å². The summed E-state index contributed by atoms with van der Waals surface area (Å²) in [7, 11) is 2.07. The summed E-state index contributed by atoms with van der Waals surface area (Å²) in [6.07, 6.45) is 3.82. The number of likely N-dealkylation sites (N-methyl/N-ethyl adjacent to an activating group) is 1. The molecule has 0 atom stereocenters. The number of hydrogen-bond acceptors (Lipinski definition) is 4. The average Bonchev–Trinajstić information content (AvgIpc) is 2.54. The minimum absolute atomic E-state index is 0.0653. The van der Waals surface area contributed by atoms with Gasteiger partial charge in [0, 0.05) is 19.6 Å². The Labute approximate surface area is 105 Å². The van der Waals surface area contributed by atoms with Gasteiger partial charge in [0.05, 0.1) is 12.4 Å². The lowest BCUT2D eigenvalue weighted by Crippen LogP contribution is -2.35. The van der Waals surface area contributed by atoms with E-state index in [1.165, 1.54) is 12.4 Å². The van der Waals surface area contributed by atoms with Crippen LogP contribution >= 0.6 is 11.6 Å². The molecule has 2 rings (SSSR count). The zero-order chi connectivity index (χ0) is 12.3. The molecular formula is C11H15ClN4O. The molecule has 0 radical (unpaired) electrons. The highest BCUT2D eigenvalue weighted by atomic mass is 35.5. The highest BCUT2D eigenvalue weighted by Gasteiger charge is 2.19. The monoisotopic (exact) mass is 254 g/mol. The largest absolute Gasteiger partial charge is 0.336 e. The molecule has 0 saturated carbocycles. The Bertz CT molecular complexity index is 395. The van der Waals surface area contributed by atoms with E-state index in [4.69, 9.17) is 11.6 Å². The van der Waals surface area contributed by atoms with Crippen LogP contribution in [0.1, 0.15) is 16.9 Å².